The standard InChI is InChI=1S/C28H31N3O6/c1-3-36-28(34)22-12-8-14-30(18-22)26(32)19-31(17-20-9-5-4-6-10-20)27(33)24-16-25(37-29-24)21-11-7-13-23(15-21)35-2/h4-7,9-11,13,15-16,22H,3,8,12,14,17-19H2,1-2H3/t22-/m1/s1. The van der Waals surface area contributed by atoms with Crippen molar-refractivity contribution in [3.63, 3.8) is 0 Å². The van der Waals surface area contributed by atoms with E-state index < -0.39 is 5.91 Å². The van der Waals surface area contributed by atoms with Crippen molar-refractivity contribution >= 4 is 17.8 Å². The number of aromatic nitrogens is 1. The van der Waals surface area contributed by atoms with Gasteiger partial charge in [-0.05, 0) is 37.5 Å². The van der Waals surface area contributed by atoms with Crippen molar-refractivity contribution in [2.45, 2.75) is 26.3 Å². The summed E-state index contributed by atoms with van der Waals surface area (Å²) in [4.78, 5) is 42.1. The van der Waals surface area contributed by atoms with Crippen LogP contribution in [0.5, 0.6) is 5.75 Å². The predicted octanol–water partition coefficient (Wildman–Crippen LogP) is 3.79. The summed E-state index contributed by atoms with van der Waals surface area (Å²) in [5.74, 6) is -0.215. The monoisotopic (exact) mass is 505 g/mol. The number of hydrogen-bond acceptors (Lipinski definition) is 7. The van der Waals surface area contributed by atoms with Gasteiger partial charge in [0.25, 0.3) is 5.91 Å². The van der Waals surface area contributed by atoms with E-state index in [4.69, 9.17) is 14.0 Å². The van der Waals surface area contributed by atoms with Crippen LogP contribution >= 0.6 is 0 Å². The molecule has 37 heavy (non-hydrogen) atoms. The number of esters is 1. The Kier molecular flexibility index (Phi) is 8.56. The maximum Gasteiger partial charge on any atom is 0.310 e. The number of piperidine rings is 1. The molecule has 0 aliphatic carbocycles. The normalized spacial score (nSPS) is 15.2. The van der Waals surface area contributed by atoms with Crippen LogP contribution in [-0.2, 0) is 20.9 Å². The van der Waals surface area contributed by atoms with Gasteiger partial charge in [-0.2, -0.15) is 0 Å². The molecule has 0 bridgehead atoms. The van der Waals surface area contributed by atoms with Crippen LogP contribution in [-0.4, -0.2) is 66.1 Å². The lowest BCUT2D eigenvalue weighted by atomic mass is 9.98. The van der Waals surface area contributed by atoms with Crippen molar-refractivity contribution in [2.24, 2.45) is 5.92 Å². The highest BCUT2D eigenvalue weighted by Gasteiger charge is 2.31. The SMILES string of the molecule is CCOC(=O)[C@@H]1CCCN(C(=O)CN(Cc2ccccc2)C(=O)c2cc(-c3cccc(OC)c3)on2)C1. The number of ether oxygens (including phenoxy) is 2. The largest absolute Gasteiger partial charge is 0.497 e. The Morgan fingerprint density at radius 1 is 1.11 bits per heavy atom. The fourth-order valence-electron chi connectivity index (χ4n) is 4.37. The molecule has 3 aromatic rings. The van der Waals surface area contributed by atoms with Gasteiger partial charge in [0.2, 0.25) is 5.91 Å². The molecule has 0 saturated carbocycles. The number of amides is 2. The molecule has 0 N–H and O–H groups in total. The Balaban J connectivity index is 1.52. The Bertz CT molecular complexity index is 1230. The van der Waals surface area contributed by atoms with Crippen LogP contribution in [0.2, 0.25) is 0 Å². The first kappa shape index (κ1) is 25.9. The summed E-state index contributed by atoms with van der Waals surface area (Å²) in [6, 6.07) is 18.3. The molecule has 1 saturated heterocycles. The van der Waals surface area contributed by atoms with Gasteiger partial charge >= 0.3 is 5.97 Å². The fraction of sp³-hybridized carbons (Fsp3) is 0.357. The van der Waals surface area contributed by atoms with Gasteiger partial charge in [0.1, 0.15) is 12.3 Å². The average Bonchev–Trinajstić information content (AvgIpc) is 3.43. The molecule has 9 nitrogen and oxygen atoms in total. The lowest BCUT2D eigenvalue weighted by molar-refractivity contribution is -0.151. The van der Waals surface area contributed by atoms with E-state index in [-0.39, 0.29) is 43.1 Å². The van der Waals surface area contributed by atoms with Crippen molar-refractivity contribution in [3.05, 3.63) is 71.9 Å². The third kappa shape index (κ3) is 6.55. The van der Waals surface area contributed by atoms with Gasteiger partial charge in [0.15, 0.2) is 11.5 Å². The first-order chi connectivity index (χ1) is 18.0. The summed E-state index contributed by atoms with van der Waals surface area (Å²) in [7, 11) is 1.57. The maximum absolute atomic E-state index is 13.5. The minimum Gasteiger partial charge on any atom is -0.497 e. The molecule has 0 spiro atoms. The quantitative estimate of drug-likeness (QED) is 0.408. The highest BCUT2D eigenvalue weighted by atomic mass is 16.5. The average molecular weight is 506 g/mol. The molecule has 1 fully saturated rings. The van der Waals surface area contributed by atoms with Gasteiger partial charge in [-0.25, -0.2) is 0 Å². The molecule has 1 aliphatic rings. The third-order valence-corrected chi connectivity index (χ3v) is 6.31. The molecule has 2 aromatic carbocycles. The zero-order valence-corrected chi connectivity index (χ0v) is 21.1. The molecule has 1 aliphatic heterocycles. The Morgan fingerprint density at radius 2 is 1.92 bits per heavy atom. The lowest BCUT2D eigenvalue weighted by Crippen LogP contribution is -2.47. The molecule has 0 radical (unpaired) electrons. The van der Waals surface area contributed by atoms with Crippen molar-refractivity contribution in [2.75, 3.05) is 33.4 Å². The molecular formula is C28H31N3O6. The number of likely N-dealkylation sites (tertiary alicyclic amines) is 1. The molecule has 4 rings (SSSR count). The Labute approximate surface area is 215 Å². The van der Waals surface area contributed by atoms with E-state index in [1.807, 2.05) is 48.5 Å². The fourth-order valence-corrected chi connectivity index (χ4v) is 4.37. The number of benzene rings is 2. The van der Waals surface area contributed by atoms with E-state index in [2.05, 4.69) is 5.16 Å². The molecule has 1 aromatic heterocycles. The molecule has 194 valence electrons. The third-order valence-electron chi connectivity index (χ3n) is 6.31. The molecule has 2 heterocycles. The lowest BCUT2D eigenvalue weighted by Gasteiger charge is -2.33. The van der Waals surface area contributed by atoms with E-state index >= 15 is 0 Å². The van der Waals surface area contributed by atoms with E-state index in [9.17, 15) is 14.4 Å². The minimum atomic E-state index is -0.422. The van der Waals surface area contributed by atoms with E-state index in [0.717, 1.165) is 11.1 Å². The van der Waals surface area contributed by atoms with Crippen LogP contribution in [0.25, 0.3) is 11.3 Å². The summed E-state index contributed by atoms with van der Waals surface area (Å²) in [6.07, 6.45) is 1.39. The second-order valence-electron chi connectivity index (χ2n) is 8.89. The highest BCUT2D eigenvalue weighted by molar-refractivity contribution is 5.95. The van der Waals surface area contributed by atoms with E-state index in [0.29, 0.717) is 37.5 Å². The molecule has 0 unspecified atom stereocenters. The van der Waals surface area contributed by atoms with Crippen molar-refractivity contribution in [1.29, 1.82) is 0 Å². The topological polar surface area (TPSA) is 102 Å². The van der Waals surface area contributed by atoms with Gasteiger partial charge in [-0.15, -0.1) is 0 Å². The van der Waals surface area contributed by atoms with Gasteiger partial charge in [-0.1, -0.05) is 47.6 Å². The summed E-state index contributed by atoms with van der Waals surface area (Å²) >= 11 is 0. The second kappa shape index (κ2) is 12.2. The minimum absolute atomic E-state index is 0.101. The molecule has 9 heteroatoms. The van der Waals surface area contributed by atoms with Gasteiger partial charge < -0.3 is 23.8 Å². The number of carbonyl (C=O) groups excluding carboxylic acids is 3. The van der Waals surface area contributed by atoms with Gasteiger partial charge in [0, 0.05) is 31.3 Å². The van der Waals surface area contributed by atoms with Crippen molar-refractivity contribution in [3.8, 4) is 17.1 Å². The number of hydrogen-bond donors (Lipinski definition) is 0. The number of rotatable bonds is 9. The maximum atomic E-state index is 13.5. The number of methoxy groups -OCH3 is 1. The molecule has 1 atom stereocenters. The Morgan fingerprint density at radius 3 is 2.68 bits per heavy atom. The van der Waals surface area contributed by atoms with Crippen LogP contribution < -0.4 is 4.74 Å². The summed E-state index contributed by atoms with van der Waals surface area (Å²) in [5.41, 5.74) is 1.70. The number of nitrogens with zero attached hydrogens (tertiary/aromatic N) is 3. The highest BCUT2D eigenvalue weighted by Crippen LogP contribution is 2.25. The smallest absolute Gasteiger partial charge is 0.310 e. The molecular weight excluding hydrogens is 474 g/mol. The molecule has 2 amide bonds. The Hall–Kier alpha value is -4.14. The zero-order chi connectivity index (χ0) is 26.2. The summed E-state index contributed by atoms with van der Waals surface area (Å²) < 4.78 is 15.9. The first-order valence-electron chi connectivity index (χ1n) is 12.4. The van der Waals surface area contributed by atoms with Crippen LogP contribution in [0, 0.1) is 5.92 Å². The van der Waals surface area contributed by atoms with Crippen molar-refractivity contribution in [1.82, 2.24) is 15.0 Å². The van der Waals surface area contributed by atoms with Gasteiger partial charge in [0.05, 0.1) is 19.6 Å². The second-order valence-corrected chi connectivity index (χ2v) is 8.89. The van der Waals surface area contributed by atoms with E-state index in [1.165, 1.54) is 4.90 Å². The summed E-state index contributed by atoms with van der Waals surface area (Å²) in [6.45, 7) is 2.96. The van der Waals surface area contributed by atoms with Crippen LogP contribution in [0.4, 0.5) is 0 Å². The van der Waals surface area contributed by atoms with Crippen LogP contribution in [0.3, 0.4) is 0 Å². The summed E-state index contributed by atoms with van der Waals surface area (Å²) in [5, 5.41) is 3.99. The number of carbonyl (C=O) groups is 3. The zero-order valence-electron chi connectivity index (χ0n) is 21.1. The van der Waals surface area contributed by atoms with Crippen LogP contribution in [0.15, 0.2) is 65.2 Å². The van der Waals surface area contributed by atoms with Crippen molar-refractivity contribution < 1.29 is 28.4 Å². The van der Waals surface area contributed by atoms with Crippen LogP contribution in [0.1, 0.15) is 35.8 Å². The van der Waals surface area contributed by atoms with Gasteiger partial charge in [-0.3, -0.25) is 14.4 Å². The predicted molar refractivity (Wildman–Crippen MR) is 136 cm³/mol. The van der Waals surface area contributed by atoms with E-state index in [1.54, 1.807) is 31.1 Å². The first-order valence-corrected chi connectivity index (χ1v) is 12.4.